The fourth-order valence-electron chi connectivity index (χ4n) is 1.51. The van der Waals surface area contributed by atoms with E-state index < -0.39 is 26.5 Å². The number of esters is 1. The molecule has 0 aliphatic heterocycles. The molecule has 0 spiro atoms. The highest BCUT2D eigenvalue weighted by Crippen LogP contribution is 2.51. The molecule has 0 aromatic heterocycles. The molecule has 5 nitrogen and oxygen atoms in total. The summed E-state index contributed by atoms with van der Waals surface area (Å²) >= 11 is 0. The third-order valence-electron chi connectivity index (χ3n) is 2.57. The van der Waals surface area contributed by atoms with Crippen molar-refractivity contribution in [2.24, 2.45) is 5.41 Å². The van der Waals surface area contributed by atoms with Crippen LogP contribution in [-0.4, -0.2) is 32.0 Å². The van der Waals surface area contributed by atoms with Gasteiger partial charge in [-0.15, -0.1) is 0 Å². The van der Waals surface area contributed by atoms with Crippen LogP contribution in [-0.2, 0) is 19.4 Å². The largest absolute Gasteiger partial charge is 0.465 e. The Balaban J connectivity index is 2.89. The van der Waals surface area contributed by atoms with Gasteiger partial charge < -0.3 is 4.74 Å². The number of carbonyl (C=O) groups is 1. The van der Waals surface area contributed by atoms with Gasteiger partial charge in [0.2, 0.25) is 0 Å². The molecule has 84 valence electrons. The molecule has 1 aliphatic rings. The third-order valence-corrected chi connectivity index (χ3v) is 4.81. The molecule has 1 aliphatic carbocycles. The standard InChI is InChI=1S/C9H13NO4S/c1-3-14-8(11)9(6-10)5-7(9)15(12,13)4-2/h7H,3-5H2,1-2H3/t7-,9+/m0/s1. The summed E-state index contributed by atoms with van der Waals surface area (Å²) in [5.41, 5.74) is -1.44. The van der Waals surface area contributed by atoms with Crippen LogP contribution in [0.25, 0.3) is 0 Å². The Morgan fingerprint density at radius 2 is 2.20 bits per heavy atom. The van der Waals surface area contributed by atoms with Crippen LogP contribution < -0.4 is 0 Å². The maximum atomic E-state index is 11.5. The van der Waals surface area contributed by atoms with Crippen molar-refractivity contribution in [2.75, 3.05) is 12.4 Å². The van der Waals surface area contributed by atoms with Crippen LogP contribution in [0.15, 0.2) is 0 Å². The van der Waals surface area contributed by atoms with Gasteiger partial charge in [0.05, 0.1) is 17.9 Å². The summed E-state index contributed by atoms with van der Waals surface area (Å²) in [4.78, 5) is 11.4. The first-order valence-electron chi connectivity index (χ1n) is 4.74. The van der Waals surface area contributed by atoms with Crippen LogP contribution in [0, 0.1) is 16.7 Å². The molecular weight excluding hydrogens is 218 g/mol. The number of carbonyl (C=O) groups excluding carboxylic acids is 1. The topological polar surface area (TPSA) is 84.2 Å². The van der Waals surface area contributed by atoms with Crippen LogP contribution >= 0.6 is 0 Å². The minimum absolute atomic E-state index is 0.0551. The van der Waals surface area contributed by atoms with E-state index in [1.54, 1.807) is 13.0 Å². The lowest BCUT2D eigenvalue weighted by Gasteiger charge is -2.07. The van der Waals surface area contributed by atoms with Crippen LogP contribution in [0.4, 0.5) is 0 Å². The molecule has 0 aromatic rings. The summed E-state index contributed by atoms with van der Waals surface area (Å²) < 4.78 is 27.7. The van der Waals surface area contributed by atoms with Crippen molar-refractivity contribution in [3.63, 3.8) is 0 Å². The lowest BCUT2D eigenvalue weighted by atomic mass is 10.1. The summed E-state index contributed by atoms with van der Waals surface area (Å²) in [7, 11) is -3.33. The number of nitrogens with zero attached hydrogens (tertiary/aromatic N) is 1. The predicted molar refractivity (Wildman–Crippen MR) is 52.5 cm³/mol. The van der Waals surface area contributed by atoms with Crippen LogP contribution in [0.1, 0.15) is 20.3 Å². The van der Waals surface area contributed by atoms with Crippen LogP contribution in [0.2, 0.25) is 0 Å². The minimum atomic E-state index is -3.33. The van der Waals surface area contributed by atoms with Gasteiger partial charge in [0.1, 0.15) is 0 Å². The first-order valence-corrected chi connectivity index (χ1v) is 6.46. The Kier molecular flexibility index (Phi) is 3.05. The van der Waals surface area contributed by atoms with Gasteiger partial charge in [-0.1, -0.05) is 6.92 Å². The quantitative estimate of drug-likeness (QED) is 0.648. The van der Waals surface area contributed by atoms with Gasteiger partial charge >= 0.3 is 5.97 Å². The van der Waals surface area contributed by atoms with Gasteiger partial charge in [-0.05, 0) is 13.3 Å². The van der Waals surface area contributed by atoms with Crippen molar-refractivity contribution in [1.82, 2.24) is 0 Å². The molecule has 0 bridgehead atoms. The molecule has 0 unspecified atom stereocenters. The van der Waals surface area contributed by atoms with Crippen molar-refractivity contribution in [3.8, 4) is 6.07 Å². The Morgan fingerprint density at radius 1 is 1.60 bits per heavy atom. The summed E-state index contributed by atoms with van der Waals surface area (Å²) in [6.45, 7) is 3.27. The summed E-state index contributed by atoms with van der Waals surface area (Å²) in [6, 6.07) is 1.77. The van der Waals surface area contributed by atoms with E-state index in [0.29, 0.717) is 0 Å². The minimum Gasteiger partial charge on any atom is -0.465 e. The maximum Gasteiger partial charge on any atom is 0.327 e. The Morgan fingerprint density at radius 3 is 2.60 bits per heavy atom. The van der Waals surface area contributed by atoms with E-state index >= 15 is 0 Å². The molecule has 0 radical (unpaired) electrons. The van der Waals surface area contributed by atoms with E-state index in [4.69, 9.17) is 10.00 Å². The van der Waals surface area contributed by atoms with E-state index in [1.807, 2.05) is 0 Å². The Hall–Kier alpha value is -1.09. The van der Waals surface area contributed by atoms with Crippen LogP contribution in [0.5, 0.6) is 0 Å². The molecule has 6 heteroatoms. The number of nitriles is 1. The number of sulfone groups is 1. The van der Waals surface area contributed by atoms with E-state index in [1.165, 1.54) is 6.92 Å². The molecular formula is C9H13NO4S. The molecule has 0 amide bonds. The van der Waals surface area contributed by atoms with Gasteiger partial charge in [0.25, 0.3) is 0 Å². The van der Waals surface area contributed by atoms with Gasteiger partial charge in [0, 0.05) is 5.75 Å². The van der Waals surface area contributed by atoms with Crippen LogP contribution in [0.3, 0.4) is 0 Å². The second kappa shape index (κ2) is 3.81. The van der Waals surface area contributed by atoms with Crippen molar-refractivity contribution < 1.29 is 17.9 Å². The number of rotatable bonds is 4. The van der Waals surface area contributed by atoms with Crippen molar-refractivity contribution >= 4 is 15.8 Å². The number of hydrogen-bond acceptors (Lipinski definition) is 5. The van der Waals surface area contributed by atoms with Gasteiger partial charge in [-0.25, -0.2) is 8.42 Å². The van der Waals surface area contributed by atoms with E-state index in [9.17, 15) is 13.2 Å². The second-order valence-corrected chi connectivity index (χ2v) is 5.92. The second-order valence-electron chi connectivity index (χ2n) is 3.45. The molecule has 15 heavy (non-hydrogen) atoms. The van der Waals surface area contributed by atoms with Gasteiger partial charge in [-0.2, -0.15) is 5.26 Å². The summed E-state index contributed by atoms with van der Waals surface area (Å²) in [6.07, 6.45) is 0.0680. The predicted octanol–water partition coefficient (Wildman–Crippen LogP) is 0.266. The number of ether oxygens (including phenoxy) is 1. The highest BCUT2D eigenvalue weighted by molar-refractivity contribution is 7.92. The lowest BCUT2D eigenvalue weighted by molar-refractivity contribution is -0.147. The zero-order valence-electron chi connectivity index (χ0n) is 8.69. The average Bonchev–Trinajstić information content (AvgIpc) is 2.95. The normalized spacial score (nSPS) is 29.3. The highest BCUT2D eigenvalue weighted by Gasteiger charge is 2.67. The highest BCUT2D eigenvalue weighted by atomic mass is 32.2. The van der Waals surface area contributed by atoms with Crippen molar-refractivity contribution in [1.29, 1.82) is 5.26 Å². The fourth-order valence-corrected chi connectivity index (χ4v) is 3.19. The molecule has 0 heterocycles. The van der Waals surface area contributed by atoms with E-state index in [0.717, 1.165) is 0 Å². The van der Waals surface area contributed by atoms with Gasteiger partial charge in [-0.3, -0.25) is 4.79 Å². The molecule has 2 atom stereocenters. The van der Waals surface area contributed by atoms with E-state index in [-0.39, 0.29) is 18.8 Å². The Bertz CT molecular complexity index is 408. The third kappa shape index (κ3) is 1.84. The van der Waals surface area contributed by atoms with E-state index in [2.05, 4.69) is 0 Å². The molecule has 0 saturated heterocycles. The Labute approximate surface area is 88.9 Å². The summed E-state index contributed by atoms with van der Waals surface area (Å²) in [5.74, 6) is -0.768. The zero-order valence-corrected chi connectivity index (χ0v) is 9.50. The lowest BCUT2D eigenvalue weighted by Crippen LogP contribution is -2.25. The average molecular weight is 231 g/mol. The molecule has 1 saturated carbocycles. The monoisotopic (exact) mass is 231 g/mol. The molecule has 1 fully saturated rings. The molecule has 1 rings (SSSR count). The molecule has 0 aromatic carbocycles. The number of hydrogen-bond donors (Lipinski definition) is 0. The zero-order chi connectivity index (χ0) is 11.7. The molecule has 0 N–H and O–H groups in total. The van der Waals surface area contributed by atoms with Crippen molar-refractivity contribution in [3.05, 3.63) is 0 Å². The summed E-state index contributed by atoms with van der Waals surface area (Å²) in [5, 5.41) is 7.99. The first kappa shape index (κ1) is 12.0. The van der Waals surface area contributed by atoms with Crippen molar-refractivity contribution in [2.45, 2.75) is 25.5 Å². The maximum absolute atomic E-state index is 11.5. The SMILES string of the molecule is CCOC(=O)[C@@]1(C#N)C[C@@H]1S(=O)(=O)CC. The van der Waals surface area contributed by atoms with Gasteiger partial charge in [0.15, 0.2) is 15.3 Å². The first-order chi connectivity index (χ1) is 6.94. The smallest absolute Gasteiger partial charge is 0.327 e. The fraction of sp³-hybridized carbons (Fsp3) is 0.778.